The monoisotopic (exact) mass is 310 g/mol. The van der Waals surface area contributed by atoms with Gasteiger partial charge in [-0.3, -0.25) is 4.90 Å². The molecule has 110 valence electrons. The van der Waals surface area contributed by atoms with Crippen molar-refractivity contribution in [1.82, 2.24) is 4.90 Å². The van der Waals surface area contributed by atoms with E-state index in [0.717, 1.165) is 31.8 Å². The third-order valence-electron chi connectivity index (χ3n) is 3.35. The molecule has 1 aliphatic rings. The second-order valence-corrected chi connectivity index (χ2v) is 4.57. The highest BCUT2D eigenvalue weighted by Gasteiger charge is 2.30. The fourth-order valence-corrected chi connectivity index (χ4v) is 2.38. The summed E-state index contributed by atoms with van der Waals surface area (Å²) in [4.78, 5) is 2.29. The maximum absolute atomic E-state index is 12.9. The molecule has 1 aromatic rings. The average molecular weight is 311 g/mol. The third kappa shape index (κ3) is 4.89. The zero-order valence-corrected chi connectivity index (χ0v) is 12.6. The fraction of sp³-hybridized carbons (Fsp3) is 0.538. The van der Waals surface area contributed by atoms with E-state index in [4.69, 9.17) is 10.5 Å². The van der Waals surface area contributed by atoms with E-state index < -0.39 is 0 Å². The molecule has 1 fully saturated rings. The molecule has 1 saturated heterocycles. The summed E-state index contributed by atoms with van der Waals surface area (Å²) in [5.41, 5.74) is 7.26. The van der Waals surface area contributed by atoms with Crippen molar-refractivity contribution in [2.24, 2.45) is 5.73 Å². The van der Waals surface area contributed by atoms with Crippen molar-refractivity contribution in [2.75, 3.05) is 33.4 Å². The van der Waals surface area contributed by atoms with Crippen LogP contribution >= 0.6 is 24.8 Å². The molecule has 3 nitrogen and oxygen atoms in total. The molecular formula is C13H21Cl2FN2O. The molecule has 19 heavy (non-hydrogen) atoms. The first-order valence-electron chi connectivity index (χ1n) is 5.93. The van der Waals surface area contributed by atoms with Crippen LogP contribution in [0.4, 0.5) is 4.39 Å². The van der Waals surface area contributed by atoms with Crippen LogP contribution in [-0.2, 0) is 4.74 Å². The summed E-state index contributed by atoms with van der Waals surface area (Å²) in [5, 5.41) is 0. The van der Waals surface area contributed by atoms with Crippen LogP contribution in [0.1, 0.15) is 11.5 Å². The predicted molar refractivity (Wildman–Crippen MR) is 79.9 cm³/mol. The Morgan fingerprint density at radius 1 is 1.26 bits per heavy atom. The zero-order chi connectivity index (χ0) is 12.3. The largest absolute Gasteiger partial charge is 0.383 e. The van der Waals surface area contributed by atoms with Gasteiger partial charge in [0, 0.05) is 38.7 Å². The molecule has 2 N–H and O–H groups in total. The van der Waals surface area contributed by atoms with Crippen LogP contribution in [0, 0.1) is 5.82 Å². The molecule has 0 bridgehead atoms. The SMILES string of the molecule is COCCN1C[C@@H](N)[C@H](c2ccc(F)cc2)C1.Cl.Cl. The maximum atomic E-state index is 12.9. The van der Waals surface area contributed by atoms with Crippen LogP contribution in [-0.4, -0.2) is 44.3 Å². The molecule has 0 amide bonds. The highest BCUT2D eigenvalue weighted by atomic mass is 35.5. The first kappa shape index (κ1) is 18.6. The van der Waals surface area contributed by atoms with Gasteiger partial charge in [-0.2, -0.15) is 0 Å². The Kier molecular flexibility index (Phi) is 8.54. The van der Waals surface area contributed by atoms with Crippen LogP contribution in [0.5, 0.6) is 0 Å². The molecule has 2 atom stereocenters. The van der Waals surface area contributed by atoms with Gasteiger partial charge in [0.05, 0.1) is 6.61 Å². The molecule has 0 aromatic heterocycles. The van der Waals surface area contributed by atoms with Crippen LogP contribution in [0.3, 0.4) is 0 Å². The Hall–Kier alpha value is -0.390. The van der Waals surface area contributed by atoms with Gasteiger partial charge in [0.15, 0.2) is 0 Å². The molecule has 2 rings (SSSR count). The average Bonchev–Trinajstić information content (AvgIpc) is 2.69. The van der Waals surface area contributed by atoms with E-state index in [2.05, 4.69) is 4.90 Å². The molecule has 0 aliphatic carbocycles. The zero-order valence-electron chi connectivity index (χ0n) is 10.9. The summed E-state index contributed by atoms with van der Waals surface area (Å²) in [6.45, 7) is 3.44. The lowest BCUT2D eigenvalue weighted by Gasteiger charge is -2.15. The lowest BCUT2D eigenvalue weighted by molar-refractivity contribution is 0.160. The van der Waals surface area contributed by atoms with Gasteiger partial charge in [-0.25, -0.2) is 4.39 Å². The molecular weight excluding hydrogens is 290 g/mol. The van der Waals surface area contributed by atoms with Crippen LogP contribution < -0.4 is 5.73 Å². The second-order valence-electron chi connectivity index (χ2n) is 4.57. The second kappa shape index (κ2) is 8.72. The summed E-state index contributed by atoms with van der Waals surface area (Å²) < 4.78 is 17.9. The van der Waals surface area contributed by atoms with E-state index >= 15 is 0 Å². The number of halogens is 3. The van der Waals surface area contributed by atoms with E-state index in [1.807, 2.05) is 12.1 Å². The van der Waals surface area contributed by atoms with Gasteiger partial charge in [-0.1, -0.05) is 12.1 Å². The van der Waals surface area contributed by atoms with E-state index in [1.54, 1.807) is 7.11 Å². The number of nitrogens with zero attached hydrogens (tertiary/aromatic N) is 1. The van der Waals surface area contributed by atoms with Gasteiger partial charge < -0.3 is 10.5 Å². The Morgan fingerprint density at radius 3 is 2.47 bits per heavy atom. The number of benzene rings is 1. The molecule has 6 heteroatoms. The van der Waals surface area contributed by atoms with Crippen LogP contribution in [0.2, 0.25) is 0 Å². The highest BCUT2D eigenvalue weighted by Crippen LogP contribution is 2.26. The number of rotatable bonds is 4. The summed E-state index contributed by atoms with van der Waals surface area (Å²) in [6, 6.07) is 6.79. The number of nitrogens with two attached hydrogens (primary N) is 1. The molecule has 0 saturated carbocycles. The summed E-state index contributed by atoms with van der Waals surface area (Å²) in [5.74, 6) is 0.101. The van der Waals surface area contributed by atoms with E-state index in [-0.39, 0.29) is 36.7 Å². The number of methoxy groups -OCH3 is 1. The number of hydrogen-bond donors (Lipinski definition) is 1. The van der Waals surface area contributed by atoms with Gasteiger partial charge >= 0.3 is 0 Å². The summed E-state index contributed by atoms with van der Waals surface area (Å²) in [6.07, 6.45) is 0. The van der Waals surface area contributed by atoms with Gasteiger partial charge in [0.1, 0.15) is 5.82 Å². The Labute approximate surface area is 126 Å². The summed E-state index contributed by atoms with van der Waals surface area (Å²) in [7, 11) is 1.70. The van der Waals surface area contributed by atoms with E-state index in [9.17, 15) is 4.39 Å². The summed E-state index contributed by atoms with van der Waals surface area (Å²) >= 11 is 0. The van der Waals surface area contributed by atoms with Crippen molar-refractivity contribution in [3.8, 4) is 0 Å². The Balaban J connectivity index is 0.00000162. The molecule has 1 heterocycles. The van der Waals surface area contributed by atoms with Crippen LogP contribution in [0.15, 0.2) is 24.3 Å². The molecule has 1 aliphatic heterocycles. The lowest BCUT2D eigenvalue weighted by atomic mass is 9.95. The lowest BCUT2D eigenvalue weighted by Crippen LogP contribution is -2.30. The number of ether oxygens (including phenoxy) is 1. The first-order valence-corrected chi connectivity index (χ1v) is 5.93. The normalized spacial score (nSPS) is 22.7. The first-order chi connectivity index (χ1) is 8.20. The highest BCUT2D eigenvalue weighted by molar-refractivity contribution is 5.85. The minimum atomic E-state index is -0.198. The van der Waals surface area contributed by atoms with E-state index in [0.29, 0.717) is 5.92 Å². The molecule has 1 aromatic carbocycles. The molecule has 0 spiro atoms. The predicted octanol–water partition coefficient (Wildman–Crippen LogP) is 2.04. The van der Waals surface area contributed by atoms with Crippen LogP contribution in [0.25, 0.3) is 0 Å². The van der Waals surface area contributed by atoms with Crippen molar-refractivity contribution < 1.29 is 9.13 Å². The standard InChI is InChI=1S/C13H19FN2O.2ClH/c1-17-7-6-16-8-12(13(15)9-16)10-2-4-11(14)5-3-10;;/h2-5,12-13H,6-9,15H2,1H3;2*1H/t12-,13+;;/m0../s1. The quantitative estimate of drug-likeness (QED) is 0.925. The van der Waals surface area contributed by atoms with Gasteiger partial charge in [-0.05, 0) is 17.7 Å². The fourth-order valence-electron chi connectivity index (χ4n) is 2.38. The van der Waals surface area contributed by atoms with Crippen molar-refractivity contribution in [3.05, 3.63) is 35.6 Å². The topological polar surface area (TPSA) is 38.5 Å². The molecule has 0 radical (unpaired) electrons. The molecule has 0 unspecified atom stereocenters. The van der Waals surface area contributed by atoms with Crippen molar-refractivity contribution >= 4 is 24.8 Å². The third-order valence-corrected chi connectivity index (χ3v) is 3.35. The maximum Gasteiger partial charge on any atom is 0.123 e. The van der Waals surface area contributed by atoms with Crippen molar-refractivity contribution in [1.29, 1.82) is 0 Å². The number of hydrogen-bond acceptors (Lipinski definition) is 3. The van der Waals surface area contributed by atoms with Crippen molar-refractivity contribution in [2.45, 2.75) is 12.0 Å². The van der Waals surface area contributed by atoms with Gasteiger partial charge in [0.25, 0.3) is 0 Å². The van der Waals surface area contributed by atoms with Gasteiger partial charge in [-0.15, -0.1) is 24.8 Å². The van der Waals surface area contributed by atoms with Crippen molar-refractivity contribution in [3.63, 3.8) is 0 Å². The van der Waals surface area contributed by atoms with Gasteiger partial charge in [0.2, 0.25) is 0 Å². The Bertz CT molecular complexity index is 364. The minimum absolute atomic E-state index is 0. The Morgan fingerprint density at radius 2 is 1.89 bits per heavy atom. The smallest absolute Gasteiger partial charge is 0.123 e. The minimum Gasteiger partial charge on any atom is -0.383 e. The van der Waals surface area contributed by atoms with E-state index in [1.165, 1.54) is 12.1 Å². The number of likely N-dealkylation sites (tertiary alicyclic amines) is 1.